The number of benzene rings is 2. The Balaban J connectivity index is 0.000000210. The summed E-state index contributed by atoms with van der Waals surface area (Å²) < 4.78 is 35.1. The highest BCUT2D eigenvalue weighted by molar-refractivity contribution is 7.86. The lowest BCUT2D eigenvalue weighted by Crippen LogP contribution is -2.42. The minimum atomic E-state index is -3.88. The maximum absolute atomic E-state index is 12.1. The molecule has 2 N–H and O–H groups in total. The van der Waals surface area contributed by atoms with Gasteiger partial charge in [0.2, 0.25) is 0 Å². The number of fused-ring (bicyclic) bond motifs is 1. The monoisotopic (exact) mass is 441 g/mol. The van der Waals surface area contributed by atoms with Crippen LogP contribution in [0, 0.1) is 0 Å². The van der Waals surface area contributed by atoms with E-state index >= 15 is 0 Å². The zero-order valence-electron chi connectivity index (χ0n) is 17.4. The molecule has 4 rings (SSSR count). The van der Waals surface area contributed by atoms with Crippen molar-refractivity contribution in [3.63, 3.8) is 0 Å². The van der Waals surface area contributed by atoms with Gasteiger partial charge in [-0.1, -0.05) is 78.4 Å². The zero-order valence-corrected chi connectivity index (χ0v) is 18.2. The standard InChI is InChI=1S/C17H17NO2.C7H10O3S/c19-17(20-12-13-6-2-1-3-7-13)16-10-14-8-4-5-9-15(14)11-18-16;1-6-2-4-7(5-3-6)11(8,9)10/h1-9,16,18H,10-12H2;2-4,7H,5H2,1H3,(H,8,9,10)/t;7-/m.1/s1. The van der Waals surface area contributed by atoms with Crippen molar-refractivity contribution in [1.29, 1.82) is 0 Å². The van der Waals surface area contributed by atoms with Crippen LogP contribution >= 0.6 is 0 Å². The SMILES string of the molecule is CC1=CC[C@H](S(=O)(=O)O)C=C1.O=C(OCc1ccccc1)C1Cc2ccccc2CN1. The van der Waals surface area contributed by atoms with E-state index in [0.29, 0.717) is 19.4 Å². The smallest absolute Gasteiger partial charge is 0.323 e. The first-order valence-electron chi connectivity index (χ1n) is 10.1. The van der Waals surface area contributed by atoms with Crippen molar-refractivity contribution in [2.75, 3.05) is 0 Å². The third-order valence-electron chi connectivity index (χ3n) is 5.22. The summed E-state index contributed by atoms with van der Waals surface area (Å²) >= 11 is 0. The van der Waals surface area contributed by atoms with Crippen LogP contribution in [0.2, 0.25) is 0 Å². The number of hydrogen-bond donors (Lipinski definition) is 2. The van der Waals surface area contributed by atoms with E-state index in [9.17, 15) is 13.2 Å². The molecule has 1 heterocycles. The number of hydrogen-bond acceptors (Lipinski definition) is 5. The number of nitrogens with one attached hydrogen (secondary N) is 1. The lowest BCUT2D eigenvalue weighted by Gasteiger charge is -2.24. The number of allylic oxidation sites excluding steroid dienone is 3. The Hall–Kier alpha value is -2.74. The zero-order chi connectivity index (χ0) is 22.3. The van der Waals surface area contributed by atoms with Crippen molar-refractivity contribution in [3.05, 3.63) is 95.1 Å². The molecule has 0 amide bonds. The molecule has 164 valence electrons. The Kier molecular flexibility index (Phi) is 7.79. The van der Waals surface area contributed by atoms with E-state index in [2.05, 4.69) is 17.4 Å². The topological polar surface area (TPSA) is 92.7 Å². The molecule has 0 spiro atoms. The highest BCUT2D eigenvalue weighted by Crippen LogP contribution is 2.17. The highest BCUT2D eigenvalue weighted by atomic mass is 32.2. The van der Waals surface area contributed by atoms with E-state index in [-0.39, 0.29) is 12.0 Å². The quantitative estimate of drug-likeness (QED) is 0.556. The van der Waals surface area contributed by atoms with Crippen molar-refractivity contribution in [3.8, 4) is 0 Å². The molecular formula is C24H27NO5S. The summed E-state index contributed by atoms with van der Waals surface area (Å²) in [6, 6.07) is 17.7. The Labute approximate surface area is 183 Å². The van der Waals surface area contributed by atoms with E-state index < -0.39 is 15.4 Å². The molecular weight excluding hydrogens is 414 g/mol. The molecule has 0 bridgehead atoms. The summed E-state index contributed by atoms with van der Waals surface area (Å²) in [6.45, 7) is 2.94. The fraction of sp³-hybridized carbons (Fsp3) is 0.292. The van der Waals surface area contributed by atoms with Gasteiger partial charge in [0.05, 0.1) is 0 Å². The maximum Gasteiger partial charge on any atom is 0.323 e. The van der Waals surface area contributed by atoms with Crippen molar-refractivity contribution >= 4 is 16.1 Å². The summed E-state index contributed by atoms with van der Waals surface area (Å²) in [5, 5.41) is 2.49. The molecule has 0 radical (unpaired) electrons. The lowest BCUT2D eigenvalue weighted by atomic mass is 9.96. The average molecular weight is 442 g/mol. The summed E-state index contributed by atoms with van der Waals surface area (Å²) in [7, 11) is -3.88. The van der Waals surface area contributed by atoms with Crippen LogP contribution in [0.5, 0.6) is 0 Å². The Bertz CT molecular complexity index is 1060. The minimum absolute atomic E-state index is 0.177. The van der Waals surface area contributed by atoms with Crippen molar-refractivity contribution in [1.82, 2.24) is 5.32 Å². The molecule has 7 heteroatoms. The summed E-state index contributed by atoms with van der Waals surface area (Å²) in [5.74, 6) is -0.177. The number of ether oxygens (including phenoxy) is 1. The van der Waals surface area contributed by atoms with Crippen LogP contribution in [-0.2, 0) is 39.2 Å². The third-order valence-corrected chi connectivity index (χ3v) is 6.33. The second-order valence-corrected chi connectivity index (χ2v) is 9.23. The van der Waals surface area contributed by atoms with Gasteiger partial charge in [0.25, 0.3) is 10.1 Å². The van der Waals surface area contributed by atoms with Gasteiger partial charge < -0.3 is 10.1 Å². The second kappa shape index (κ2) is 10.5. The van der Waals surface area contributed by atoms with E-state index in [1.54, 1.807) is 12.2 Å². The van der Waals surface area contributed by atoms with Crippen molar-refractivity contribution < 1.29 is 22.5 Å². The first kappa shape index (κ1) is 22.9. The molecule has 6 nitrogen and oxygen atoms in total. The molecule has 1 aliphatic carbocycles. The molecule has 0 saturated carbocycles. The van der Waals surface area contributed by atoms with Gasteiger partial charge in [-0.3, -0.25) is 9.35 Å². The average Bonchev–Trinajstić information content (AvgIpc) is 2.78. The van der Waals surface area contributed by atoms with Crippen LogP contribution < -0.4 is 5.32 Å². The predicted octanol–water partition coefficient (Wildman–Crippen LogP) is 3.59. The van der Waals surface area contributed by atoms with Gasteiger partial charge in [-0.25, -0.2) is 0 Å². The Morgan fingerprint density at radius 2 is 1.77 bits per heavy atom. The van der Waals surface area contributed by atoms with Gasteiger partial charge in [-0.05, 0) is 36.5 Å². The fourth-order valence-electron chi connectivity index (χ4n) is 3.38. The molecule has 2 aromatic carbocycles. The third kappa shape index (κ3) is 6.89. The van der Waals surface area contributed by atoms with Gasteiger partial charge in [0.15, 0.2) is 0 Å². The van der Waals surface area contributed by atoms with E-state index in [1.807, 2.05) is 49.4 Å². The maximum atomic E-state index is 12.1. The summed E-state index contributed by atoms with van der Waals surface area (Å²) in [6.07, 6.45) is 6.07. The molecule has 0 fully saturated rings. The van der Waals surface area contributed by atoms with Gasteiger partial charge in [-0.15, -0.1) is 0 Å². The van der Waals surface area contributed by atoms with E-state index in [1.165, 1.54) is 17.2 Å². The largest absolute Gasteiger partial charge is 0.460 e. The van der Waals surface area contributed by atoms with Crippen LogP contribution in [0.4, 0.5) is 0 Å². The molecule has 0 aromatic heterocycles. The molecule has 2 atom stereocenters. The molecule has 2 aromatic rings. The van der Waals surface area contributed by atoms with Crippen LogP contribution in [0.25, 0.3) is 0 Å². The lowest BCUT2D eigenvalue weighted by molar-refractivity contribution is -0.147. The van der Waals surface area contributed by atoms with Crippen molar-refractivity contribution in [2.24, 2.45) is 0 Å². The molecule has 2 aliphatic rings. The van der Waals surface area contributed by atoms with Crippen molar-refractivity contribution in [2.45, 2.75) is 44.2 Å². The summed E-state index contributed by atoms with van der Waals surface area (Å²) in [5.41, 5.74) is 4.54. The second-order valence-electron chi connectivity index (χ2n) is 7.60. The Morgan fingerprint density at radius 3 is 2.42 bits per heavy atom. The van der Waals surface area contributed by atoms with Gasteiger partial charge in [-0.2, -0.15) is 8.42 Å². The fourth-order valence-corrected chi connectivity index (χ4v) is 4.00. The molecule has 1 unspecified atom stereocenters. The predicted molar refractivity (Wildman–Crippen MR) is 120 cm³/mol. The van der Waals surface area contributed by atoms with Gasteiger partial charge in [0, 0.05) is 6.54 Å². The van der Waals surface area contributed by atoms with Gasteiger partial charge >= 0.3 is 5.97 Å². The van der Waals surface area contributed by atoms with Crippen LogP contribution in [0.15, 0.2) is 78.4 Å². The number of rotatable bonds is 4. The first-order valence-corrected chi connectivity index (χ1v) is 11.7. The van der Waals surface area contributed by atoms with Crippen LogP contribution in [-0.4, -0.2) is 30.2 Å². The first-order chi connectivity index (χ1) is 14.8. The van der Waals surface area contributed by atoms with Gasteiger partial charge in [0.1, 0.15) is 17.9 Å². The van der Waals surface area contributed by atoms with E-state index in [0.717, 1.165) is 17.7 Å². The molecule has 31 heavy (non-hydrogen) atoms. The molecule has 1 aliphatic heterocycles. The highest BCUT2D eigenvalue weighted by Gasteiger charge is 2.25. The van der Waals surface area contributed by atoms with E-state index in [4.69, 9.17) is 9.29 Å². The van der Waals surface area contributed by atoms with Crippen LogP contribution in [0.3, 0.4) is 0 Å². The number of carbonyl (C=O) groups excluding carboxylic acids is 1. The number of esters is 1. The normalized spacial score (nSPS) is 20.0. The minimum Gasteiger partial charge on any atom is -0.460 e. The van der Waals surface area contributed by atoms with Crippen LogP contribution in [0.1, 0.15) is 30.0 Å². The summed E-state index contributed by atoms with van der Waals surface area (Å²) in [4.78, 5) is 12.1. The Morgan fingerprint density at radius 1 is 1.10 bits per heavy atom. The molecule has 0 saturated heterocycles. The number of carbonyl (C=O) groups is 1.